The molecule has 3 heterocycles. The number of aromatic nitrogens is 1. The largest absolute Gasteiger partial charge is 0.497 e. The van der Waals surface area contributed by atoms with Gasteiger partial charge >= 0.3 is 5.97 Å². The van der Waals surface area contributed by atoms with Crippen molar-refractivity contribution in [3.05, 3.63) is 83.2 Å². The number of fused-ring (bicyclic) bond motifs is 1. The highest BCUT2D eigenvalue weighted by molar-refractivity contribution is 7.11. The van der Waals surface area contributed by atoms with E-state index in [1.165, 1.54) is 11.3 Å². The van der Waals surface area contributed by atoms with Gasteiger partial charge in [-0.05, 0) is 49.1 Å². The molecule has 1 aliphatic rings. The molecule has 0 saturated carbocycles. The van der Waals surface area contributed by atoms with Gasteiger partial charge in [-0.2, -0.15) is 0 Å². The maximum Gasteiger partial charge on any atom is 0.338 e. The van der Waals surface area contributed by atoms with Crippen molar-refractivity contribution in [2.24, 2.45) is 4.99 Å². The lowest BCUT2D eigenvalue weighted by molar-refractivity contribution is -0.139. The van der Waals surface area contributed by atoms with Crippen LogP contribution in [0, 0.1) is 0 Å². The van der Waals surface area contributed by atoms with Crippen LogP contribution in [0.25, 0.3) is 6.08 Å². The number of hydrogen-bond donors (Lipinski definition) is 0. The minimum Gasteiger partial charge on any atom is -0.497 e. The van der Waals surface area contributed by atoms with Crippen LogP contribution in [0.15, 0.2) is 62.8 Å². The van der Waals surface area contributed by atoms with Crippen molar-refractivity contribution >= 4 is 34.7 Å². The highest BCUT2D eigenvalue weighted by Gasteiger charge is 2.33. The van der Waals surface area contributed by atoms with Gasteiger partial charge in [-0.15, -0.1) is 11.3 Å². The monoisotopic (exact) mass is 440 g/mol. The Kier molecular flexibility index (Phi) is 5.69. The zero-order valence-electron chi connectivity index (χ0n) is 16.7. The summed E-state index contributed by atoms with van der Waals surface area (Å²) in [6.07, 6.45) is 1.86. The van der Waals surface area contributed by atoms with Gasteiger partial charge in [-0.25, -0.2) is 9.79 Å². The Balaban J connectivity index is 1.95. The van der Waals surface area contributed by atoms with Crippen molar-refractivity contribution in [1.82, 2.24) is 4.57 Å². The van der Waals surface area contributed by atoms with Crippen LogP contribution in [0.1, 0.15) is 30.3 Å². The lowest BCUT2D eigenvalue weighted by Crippen LogP contribution is -2.39. The number of thiazole rings is 1. The smallest absolute Gasteiger partial charge is 0.338 e. The van der Waals surface area contributed by atoms with E-state index in [0.717, 1.165) is 10.4 Å². The number of rotatable bonds is 5. The summed E-state index contributed by atoms with van der Waals surface area (Å²) < 4.78 is 12.7. The third kappa shape index (κ3) is 3.64. The maximum absolute atomic E-state index is 13.4. The molecule has 0 spiro atoms. The standard InChI is InChI=1S/C22H20N2O4S2/c1-4-28-21(26)18-13(2)23-22-24(19(18)14-7-9-15(27-3)10-8-14)20(25)17(30-22)12-16-6-5-11-29-16/h5-12,19H,4H2,1-3H3/b17-12-/t19-/m0/s1. The first-order valence-corrected chi connectivity index (χ1v) is 11.1. The van der Waals surface area contributed by atoms with E-state index in [2.05, 4.69) is 4.99 Å². The van der Waals surface area contributed by atoms with Gasteiger partial charge in [0, 0.05) is 4.88 Å². The second kappa shape index (κ2) is 8.41. The van der Waals surface area contributed by atoms with Gasteiger partial charge in [0.15, 0.2) is 4.80 Å². The highest BCUT2D eigenvalue weighted by atomic mass is 32.1. The lowest BCUT2D eigenvalue weighted by Gasteiger charge is -2.24. The molecular formula is C22H20N2O4S2. The summed E-state index contributed by atoms with van der Waals surface area (Å²) in [5.41, 5.74) is 1.54. The van der Waals surface area contributed by atoms with E-state index in [9.17, 15) is 9.59 Å². The summed E-state index contributed by atoms with van der Waals surface area (Å²) in [4.78, 5) is 32.3. The predicted molar refractivity (Wildman–Crippen MR) is 118 cm³/mol. The van der Waals surface area contributed by atoms with Crippen molar-refractivity contribution in [2.75, 3.05) is 13.7 Å². The number of methoxy groups -OCH3 is 1. The molecule has 30 heavy (non-hydrogen) atoms. The van der Waals surface area contributed by atoms with E-state index in [4.69, 9.17) is 9.47 Å². The molecule has 0 amide bonds. The van der Waals surface area contributed by atoms with Gasteiger partial charge in [-0.1, -0.05) is 29.5 Å². The molecule has 1 aliphatic heterocycles. The number of nitrogens with zero attached hydrogens (tertiary/aromatic N) is 2. The molecule has 0 radical (unpaired) electrons. The fraction of sp³-hybridized carbons (Fsp3) is 0.227. The molecule has 0 saturated heterocycles. The number of thiophene rings is 1. The van der Waals surface area contributed by atoms with E-state index in [-0.39, 0.29) is 12.2 Å². The third-order valence-electron chi connectivity index (χ3n) is 4.77. The van der Waals surface area contributed by atoms with Gasteiger partial charge < -0.3 is 9.47 Å². The number of ether oxygens (including phenoxy) is 2. The molecule has 4 rings (SSSR count). The van der Waals surface area contributed by atoms with Crippen LogP contribution < -0.4 is 19.6 Å². The van der Waals surface area contributed by atoms with Gasteiger partial charge in [-0.3, -0.25) is 9.36 Å². The summed E-state index contributed by atoms with van der Waals surface area (Å²) in [6, 6.07) is 10.6. The molecule has 6 nitrogen and oxygen atoms in total. The van der Waals surface area contributed by atoms with Gasteiger partial charge in [0.1, 0.15) is 5.75 Å². The molecule has 3 aromatic rings. The minimum atomic E-state index is -0.614. The predicted octanol–water partition coefficient (Wildman–Crippen LogP) is 2.87. The lowest BCUT2D eigenvalue weighted by atomic mass is 9.96. The van der Waals surface area contributed by atoms with Crippen LogP contribution >= 0.6 is 22.7 Å². The number of esters is 1. The minimum absolute atomic E-state index is 0.178. The van der Waals surface area contributed by atoms with E-state index in [1.807, 2.05) is 47.9 Å². The molecule has 0 bridgehead atoms. The Labute approximate surface area is 181 Å². The summed E-state index contributed by atoms with van der Waals surface area (Å²) in [5, 5.41) is 1.96. The van der Waals surface area contributed by atoms with Crippen molar-refractivity contribution in [3.8, 4) is 5.75 Å². The second-order valence-corrected chi connectivity index (χ2v) is 8.58. The van der Waals surface area contributed by atoms with Crippen molar-refractivity contribution in [3.63, 3.8) is 0 Å². The Morgan fingerprint density at radius 3 is 2.67 bits per heavy atom. The molecule has 0 fully saturated rings. The Morgan fingerprint density at radius 1 is 1.27 bits per heavy atom. The average molecular weight is 441 g/mol. The van der Waals surface area contributed by atoms with E-state index in [1.54, 1.807) is 36.9 Å². The number of benzene rings is 1. The Morgan fingerprint density at radius 2 is 2.03 bits per heavy atom. The number of allylic oxidation sites excluding steroid dienone is 1. The van der Waals surface area contributed by atoms with Crippen LogP contribution in [0.4, 0.5) is 0 Å². The molecule has 154 valence electrons. The van der Waals surface area contributed by atoms with Crippen molar-refractivity contribution < 1.29 is 14.3 Å². The topological polar surface area (TPSA) is 69.9 Å². The Hall–Kier alpha value is -2.97. The quantitative estimate of drug-likeness (QED) is 0.572. The average Bonchev–Trinajstić information content (AvgIpc) is 3.36. The first kappa shape index (κ1) is 20.3. The molecular weight excluding hydrogens is 420 g/mol. The maximum atomic E-state index is 13.4. The summed E-state index contributed by atoms with van der Waals surface area (Å²) in [6.45, 7) is 3.78. The first-order valence-electron chi connectivity index (χ1n) is 9.40. The zero-order chi connectivity index (χ0) is 21.3. The molecule has 1 atom stereocenters. The molecule has 8 heteroatoms. The summed E-state index contributed by atoms with van der Waals surface area (Å²) >= 11 is 2.88. The first-order chi connectivity index (χ1) is 14.5. The fourth-order valence-electron chi connectivity index (χ4n) is 3.40. The van der Waals surface area contributed by atoms with Crippen LogP contribution in [-0.4, -0.2) is 24.3 Å². The fourth-order valence-corrected chi connectivity index (χ4v) is 5.17. The van der Waals surface area contributed by atoms with E-state index >= 15 is 0 Å². The van der Waals surface area contributed by atoms with Gasteiger partial charge in [0.05, 0.1) is 35.6 Å². The summed E-state index contributed by atoms with van der Waals surface area (Å²) in [5.74, 6) is 0.231. The number of hydrogen-bond acceptors (Lipinski definition) is 7. The van der Waals surface area contributed by atoms with Crippen LogP contribution in [0.5, 0.6) is 5.75 Å². The van der Waals surface area contributed by atoms with E-state index < -0.39 is 12.0 Å². The van der Waals surface area contributed by atoms with Crippen molar-refractivity contribution in [2.45, 2.75) is 19.9 Å². The molecule has 0 N–H and O–H groups in total. The van der Waals surface area contributed by atoms with Gasteiger partial charge in [0.25, 0.3) is 5.56 Å². The number of carbonyl (C=O) groups is 1. The third-order valence-corrected chi connectivity index (χ3v) is 6.57. The van der Waals surface area contributed by atoms with Crippen LogP contribution in [-0.2, 0) is 9.53 Å². The highest BCUT2D eigenvalue weighted by Crippen LogP contribution is 2.31. The zero-order valence-corrected chi connectivity index (χ0v) is 18.4. The second-order valence-electron chi connectivity index (χ2n) is 6.59. The van der Waals surface area contributed by atoms with Crippen LogP contribution in [0.2, 0.25) is 0 Å². The van der Waals surface area contributed by atoms with Gasteiger partial charge in [0.2, 0.25) is 0 Å². The van der Waals surface area contributed by atoms with E-state index in [0.29, 0.717) is 26.4 Å². The Bertz CT molecular complexity index is 1280. The normalized spacial score (nSPS) is 16.2. The van der Waals surface area contributed by atoms with Crippen molar-refractivity contribution in [1.29, 1.82) is 0 Å². The van der Waals surface area contributed by atoms with Crippen LogP contribution in [0.3, 0.4) is 0 Å². The SMILES string of the molecule is CCOC(=O)C1=C(C)N=c2s/c(=C\c3cccs3)c(=O)n2[C@H]1c1ccc(OC)cc1. The summed E-state index contributed by atoms with van der Waals surface area (Å²) in [7, 11) is 1.59. The molecule has 0 unspecified atom stereocenters. The molecule has 2 aromatic heterocycles. The molecule has 0 aliphatic carbocycles. The molecule has 1 aromatic carbocycles. The number of carbonyl (C=O) groups excluding carboxylic acids is 1.